The summed E-state index contributed by atoms with van der Waals surface area (Å²) in [5.41, 5.74) is 30.6. The lowest BCUT2D eigenvalue weighted by atomic mass is 9.32. The predicted octanol–water partition coefficient (Wildman–Crippen LogP) is 22.4. The number of nitrogens with zero attached hydrogens (tertiary/aromatic N) is 3. The first kappa shape index (κ1) is 66.3. The lowest BCUT2D eigenvalue weighted by Crippen LogP contribution is -2.62. The normalized spacial score (nSPS) is 17.2. The third-order valence-electron chi connectivity index (χ3n) is 24.0. The molecule has 0 bridgehead atoms. The Morgan fingerprint density at radius 3 is 1.79 bits per heavy atom. The van der Waals surface area contributed by atoms with Crippen LogP contribution in [0.2, 0.25) is 5.82 Å². The molecule has 7 aliphatic rings. The van der Waals surface area contributed by atoms with Gasteiger partial charge in [-0.2, -0.15) is 0 Å². The molecule has 3 unspecified atom stereocenters. The fourth-order valence-electron chi connectivity index (χ4n) is 19.0. The van der Waals surface area contributed by atoms with Gasteiger partial charge in [0.15, 0.2) is 0 Å². The Morgan fingerprint density at radius 1 is 0.514 bits per heavy atom. The number of hydrogen-bond acceptors (Lipinski definition) is 6. The van der Waals surface area contributed by atoms with E-state index in [9.17, 15) is 0 Å². The molecule has 3 heterocycles. The van der Waals surface area contributed by atoms with Gasteiger partial charge in [0.25, 0.3) is 6.71 Å². The molecule has 0 spiro atoms. The molecule has 0 aromatic heterocycles. The molecule has 12 aromatic rings. The molecule has 4 aliphatic carbocycles. The average Bonchev–Trinajstić information content (AvgIpc) is 1.68. The first-order valence-electron chi connectivity index (χ1n) is 38.6. The van der Waals surface area contributed by atoms with Crippen molar-refractivity contribution in [2.45, 2.75) is 80.7 Å². The van der Waals surface area contributed by atoms with E-state index >= 15 is 0 Å². The SMILES string of the molecule is CCNc1cc(N(c2ccccc2)c2ccccc2)cc2c1B([C@H](C)C(C)Sc1cc3c(cc1C1(C)c4ccccc4-c4ccccc41)B1c4ccccc4N(c4ccccc4)c4cc(C(c5ccccc5)c5ccccc5)cc(c41)N3C1=C(C3C=CC=CC3)C=CCC1C1=CCCC=C1)c1ccccc1O2. The zero-order valence-corrected chi connectivity index (χ0v) is 61.9. The first-order chi connectivity index (χ1) is 52.8. The standard InChI is InChI=1S/C99H84B2N4OS/c1-5-102-87-62-76(103(73-44-21-10-22-45-73)74-46-23-11-24-47-74)63-93-96(87)100(85-57-32-34-59-92(85)106-93)66(2)67(3)107-94-65-89-86(64-83(94)99(4)81-54-29-27-50-79(81)80-51-28-30-55-82(80)99)101-84-56-31-33-58-88(84)104(75-48-25-12-26-49-75)90-60-72(95(70-40-17-8-18-41-70)71-42-19-9-20-43-71)61-91(97(90)101)105(89)98-77(68-36-13-6-14-37-68)52-35-53-78(98)69-38-15-7-16-39-69/h6,8-15,17-36,38-52,54-68,78,95,102H,5,7,16,37,53H2,1-4H3/t66-,67?,68?,78?/m1/s1. The summed E-state index contributed by atoms with van der Waals surface area (Å²) in [6.07, 6.45) is 25.7. The number of ether oxygens (including phenoxy) is 1. The van der Waals surface area contributed by atoms with Crippen LogP contribution in [0, 0.1) is 11.8 Å². The monoisotopic (exact) mass is 1400 g/mol. The third kappa shape index (κ3) is 11.3. The van der Waals surface area contributed by atoms with Gasteiger partial charge in [0.05, 0.1) is 5.69 Å². The fraction of sp³-hybridized carbons (Fsp3) is 0.152. The highest BCUT2D eigenvalue weighted by atomic mass is 32.2. The van der Waals surface area contributed by atoms with Crippen LogP contribution in [-0.2, 0) is 5.41 Å². The van der Waals surface area contributed by atoms with Gasteiger partial charge in [-0.1, -0.05) is 275 Å². The lowest BCUT2D eigenvalue weighted by molar-refractivity contribution is 0.487. The second-order valence-electron chi connectivity index (χ2n) is 30.0. The van der Waals surface area contributed by atoms with Gasteiger partial charge in [-0.3, -0.25) is 0 Å². The van der Waals surface area contributed by atoms with Crippen molar-refractivity contribution < 1.29 is 4.74 Å². The van der Waals surface area contributed by atoms with Gasteiger partial charge >= 0.3 is 0 Å². The Balaban J connectivity index is 0.887. The van der Waals surface area contributed by atoms with Crippen molar-refractivity contribution in [2.75, 3.05) is 26.6 Å². The highest BCUT2D eigenvalue weighted by Crippen LogP contribution is 2.58. The van der Waals surface area contributed by atoms with Crippen LogP contribution in [0.25, 0.3) is 11.1 Å². The van der Waals surface area contributed by atoms with Gasteiger partial charge in [-0.25, -0.2) is 0 Å². The zero-order valence-electron chi connectivity index (χ0n) is 61.1. The Kier molecular flexibility index (Phi) is 17.2. The Hall–Kier alpha value is -11.4. The van der Waals surface area contributed by atoms with Crippen molar-refractivity contribution in [3.05, 3.63) is 390 Å². The van der Waals surface area contributed by atoms with Gasteiger partial charge in [0.1, 0.15) is 11.5 Å². The topological polar surface area (TPSA) is 31.0 Å². The van der Waals surface area contributed by atoms with E-state index in [-0.39, 0.29) is 42.2 Å². The molecule has 0 amide bonds. The average molecular weight is 1400 g/mol. The molecule has 5 nitrogen and oxygen atoms in total. The van der Waals surface area contributed by atoms with E-state index in [0.717, 1.165) is 72.2 Å². The largest absolute Gasteiger partial charge is 0.458 e. The smallest absolute Gasteiger partial charge is 0.252 e. The second-order valence-corrected chi connectivity index (χ2v) is 31.4. The third-order valence-corrected chi connectivity index (χ3v) is 25.4. The molecule has 1 N–H and O–H groups in total. The summed E-state index contributed by atoms with van der Waals surface area (Å²) < 4.78 is 7.29. The van der Waals surface area contributed by atoms with Crippen molar-refractivity contribution >= 4 is 104 Å². The van der Waals surface area contributed by atoms with E-state index in [1.54, 1.807) is 0 Å². The summed E-state index contributed by atoms with van der Waals surface area (Å²) in [7, 11) is 0. The molecular formula is C99H84B2N4OS. The summed E-state index contributed by atoms with van der Waals surface area (Å²) in [6.45, 7) is 10.3. The van der Waals surface area contributed by atoms with E-state index in [0.29, 0.717) is 0 Å². The van der Waals surface area contributed by atoms with E-state index in [2.05, 4.69) is 399 Å². The van der Waals surface area contributed by atoms with Gasteiger partial charge in [0.2, 0.25) is 6.71 Å². The van der Waals surface area contributed by atoms with Crippen LogP contribution in [0.4, 0.5) is 51.2 Å². The van der Waals surface area contributed by atoms with E-state index in [1.165, 1.54) is 116 Å². The van der Waals surface area contributed by atoms with E-state index in [4.69, 9.17) is 4.74 Å². The fourth-order valence-corrected chi connectivity index (χ4v) is 20.4. The van der Waals surface area contributed by atoms with Crippen LogP contribution < -0.4 is 52.1 Å². The molecule has 8 heteroatoms. The number of rotatable bonds is 17. The number of anilines is 9. The molecule has 107 heavy (non-hydrogen) atoms. The summed E-state index contributed by atoms with van der Waals surface area (Å²) in [4.78, 5) is 9.12. The number of hydrogen-bond donors (Lipinski definition) is 1. The van der Waals surface area contributed by atoms with Crippen LogP contribution >= 0.6 is 11.8 Å². The molecule has 518 valence electrons. The van der Waals surface area contributed by atoms with Gasteiger partial charge in [-0.15, -0.1) is 11.8 Å². The van der Waals surface area contributed by atoms with Gasteiger partial charge < -0.3 is 24.8 Å². The highest BCUT2D eigenvalue weighted by molar-refractivity contribution is 8.00. The second kappa shape index (κ2) is 27.8. The van der Waals surface area contributed by atoms with Crippen molar-refractivity contribution in [2.24, 2.45) is 11.8 Å². The quantitative estimate of drug-likeness (QED) is 0.0555. The first-order valence-corrected chi connectivity index (χ1v) is 39.4. The Labute approximate surface area is 635 Å². The maximum absolute atomic E-state index is 7.29. The number of thioether (sulfide) groups is 1. The van der Waals surface area contributed by atoms with Crippen LogP contribution in [-0.4, -0.2) is 25.2 Å². The number of nitrogens with one attached hydrogen (secondary N) is 1. The van der Waals surface area contributed by atoms with Crippen molar-refractivity contribution in [1.29, 1.82) is 0 Å². The van der Waals surface area contributed by atoms with Crippen molar-refractivity contribution in [3.63, 3.8) is 0 Å². The van der Waals surface area contributed by atoms with Crippen LogP contribution in [0.15, 0.2) is 362 Å². The lowest BCUT2D eigenvalue weighted by Gasteiger charge is -2.48. The highest BCUT2D eigenvalue weighted by Gasteiger charge is 2.50. The van der Waals surface area contributed by atoms with Gasteiger partial charge in [-0.05, 0) is 201 Å². The maximum Gasteiger partial charge on any atom is 0.252 e. The number of para-hydroxylation sites is 5. The summed E-state index contributed by atoms with van der Waals surface area (Å²) in [5.74, 6) is 1.98. The minimum absolute atomic E-state index is 0.0438. The minimum Gasteiger partial charge on any atom is -0.458 e. The molecule has 0 fully saturated rings. The molecule has 12 aromatic carbocycles. The molecule has 0 saturated carbocycles. The predicted molar refractivity (Wildman–Crippen MR) is 454 cm³/mol. The maximum atomic E-state index is 7.29. The van der Waals surface area contributed by atoms with Crippen molar-refractivity contribution in [1.82, 2.24) is 0 Å². The summed E-state index contributed by atoms with van der Waals surface area (Å²) in [6, 6.07) is 107. The van der Waals surface area contributed by atoms with E-state index < -0.39 is 5.41 Å². The number of benzene rings is 12. The Bertz CT molecular complexity index is 5490. The molecule has 0 saturated heterocycles. The molecule has 19 rings (SSSR count). The van der Waals surface area contributed by atoms with Crippen molar-refractivity contribution in [3.8, 4) is 22.6 Å². The number of allylic oxidation sites excluding steroid dienone is 11. The van der Waals surface area contributed by atoms with Crippen LogP contribution in [0.3, 0.4) is 0 Å². The van der Waals surface area contributed by atoms with Crippen LogP contribution in [0.5, 0.6) is 11.5 Å². The molecule has 3 aliphatic heterocycles. The molecule has 0 radical (unpaired) electrons. The summed E-state index contributed by atoms with van der Waals surface area (Å²) >= 11 is 2.07. The van der Waals surface area contributed by atoms with E-state index in [1.807, 2.05) is 0 Å². The minimum atomic E-state index is -0.568. The molecule has 4 atom stereocenters. The Morgan fingerprint density at radius 2 is 1.13 bits per heavy atom. The van der Waals surface area contributed by atoms with Gasteiger partial charge in [0, 0.05) is 97.1 Å². The van der Waals surface area contributed by atoms with Crippen LogP contribution in [0.1, 0.15) is 92.7 Å². The molecular weight excluding hydrogens is 1310 g/mol. The zero-order chi connectivity index (χ0) is 71.7. The summed E-state index contributed by atoms with van der Waals surface area (Å²) in [5, 5.41) is 4.01. The number of fused-ring (bicyclic) bond motifs is 9.